The van der Waals surface area contributed by atoms with E-state index in [1.165, 1.54) is 9.87 Å². The van der Waals surface area contributed by atoms with Gasteiger partial charge in [0.15, 0.2) is 0 Å². The van der Waals surface area contributed by atoms with Gasteiger partial charge in [0, 0.05) is 38.9 Å². The highest BCUT2D eigenvalue weighted by Crippen LogP contribution is 2.20. The van der Waals surface area contributed by atoms with Gasteiger partial charge in [0.05, 0.1) is 13.2 Å². The number of benzene rings is 1. The van der Waals surface area contributed by atoms with Gasteiger partial charge in [-0.05, 0) is 35.2 Å². The van der Waals surface area contributed by atoms with E-state index in [2.05, 4.69) is 20.7 Å². The lowest BCUT2D eigenvalue weighted by molar-refractivity contribution is 0.122. The molecule has 0 atom stereocenters. The minimum absolute atomic E-state index is 0.250. The second kappa shape index (κ2) is 7.93. The zero-order chi connectivity index (χ0) is 18.7. The number of anilines is 1. The molecule has 0 amide bonds. The summed E-state index contributed by atoms with van der Waals surface area (Å²) >= 11 is 0. The van der Waals surface area contributed by atoms with Crippen LogP contribution in [0.5, 0.6) is 0 Å². The number of nitrogens with one attached hydrogen (secondary N) is 1. The van der Waals surface area contributed by atoms with Crippen LogP contribution in [0.3, 0.4) is 0 Å². The van der Waals surface area contributed by atoms with Crippen molar-refractivity contribution in [3.8, 4) is 0 Å². The molecular weight excluding hydrogens is 364 g/mol. The summed E-state index contributed by atoms with van der Waals surface area (Å²) in [6, 6.07) is 11.8. The average molecular weight is 388 g/mol. The Morgan fingerprint density at radius 3 is 2.67 bits per heavy atom. The molecule has 1 aromatic heterocycles. The van der Waals surface area contributed by atoms with Gasteiger partial charge in [0.1, 0.15) is 5.82 Å². The first kappa shape index (κ1) is 18.4. The number of fused-ring (bicyclic) bond motifs is 1. The third-order valence-electron chi connectivity index (χ3n) is 5.04. The molecule has 27 heavy (non-hydrogen) atoms. The molecule has 0 saturated carbocycles. The number of rotatable bonds is 5. The first-order valence-electron chi connectivity index (χ1n) is 9.21. The van der Waals surface area contributed by atoms with Gasteiger partial charge in [-0.15, -0.1) is 0 Å². The van der Waals surface area contributed by atoms with Gasteiger partial charge >= 0.3 is 0 Å². The van der Waals surface area contributed by atoms with Crippen molar-refractivity contribution in [1.82, 2.24) is 14.0 Å². The zero-order valence-electron chi connectivity index (χ0n) is 15.2. The molecule has 0 bridgehead atoms. The van der Waals surface area contributed by atoms with Gasteiger partial charge in [0.2, 0.25) is 0 Å². The Labute approximate surface area is 160 Å². The Morgan fingerprint density at radius 2 is 1.85 bits per heavy atom. The van der Waals surface area contributed by atoms with Gasteiger partial charge in [-0.1, -0.05) is 24.3 Å². The van der Waals surface area contributed by atoms with Crippen molar-refractivity contribution in [3.05, 3.63) is 59.3 Å². The number of aromatic nitrogens is 1. The van der Waals surface area contributed by atoms with E-state index in [9.17, 15) is 8.42 Å². The number of nitrogens with zero attached hydrogens (tertiary/aromatic N) is 3. The van der Waals surface area contributed by atoms with Crippen molar-refractivity contribution >= 4 is 16.0 Å². The van der Waals surface area contributed by atoms with E-state index in [-0.39, 0.29) is 6.54 Å². The minimum Gasteiger partial charge on any atom is -0.378 e. The molecule has 4 rings (SSSR count). The van der Waals surface area contributed by atoms with Crippen LogP contribution in [0, 0.1) is 0 Å². The molecule has 144 valence electrons. The number of hydrogen-bond donors (Lipinski definition) is 1. The smallest absolute Gasteiger partial charge is 0.280 e. The Morgan fingerprint density at radius 1 is 1.07 bits per heavy atom. The van der Waals surface area contributed by atoms with Crippen LogP contribution < -0.4 is 9.62 Å². The summed E-state index contributed by atoms with van der Waals surface area (Å²) in [6.07, 6.45) is 2.47. The van der Waals surface area contributed by atoms with Crippen molar-refractivity contribution < 1.29 is 13.2 Å². The van der Waals surface area contributed by atoms with Crippen LogP contribution in [-0.2, 0) is 34.5 Å². The molecule has 8 heteroatoms. The first-order chi connectivity index (χ1) is 13.1. The molecule has 7 nitrogen and oxygen atoms in total. The molecule has 1 aromatic carbocycles. The maximum Gasteiger partial charge on any atom is 0.280 e. The summed E-state index contributed by atoms with van der Waals surface area (Å²) in [7, 11) is -3.53. The summed E-state index contributed by atoms with van der Waals surface area (Å²) in [5.41, 5.74) is 3.20. The van der Waals surface area contributed by atoms with Crippen molar-refractivity contribution in [3.63, 3.8) is 0 Å². The quantitative estimate of drug-likeness (QED) is 0.836. The second-order valence-corrected chi connectivity index (χ2v) is 8.56. The van der Waals surface area contributed by atoms with Crippen LogP contribution >= 0.6 is 0 Å². The van der Waals surface area contributed by atoms with Gasteiger partial charge in [-0.2, -0.15) is 17.4 Å². The number of ether oxygens (including phenoxy) is 1. The standard InChI is InChI=1S/C19H24N4O3S/c24-27(25,23-8-6-17-3-1-2-4-18(17)15-23)21-14-16-5-7-20-19(13-16)22-9-11-26-12-10-22/h1-5,7,13,21H,6,8-12,14-15H2. The van der Waals surface area contributed by atoms with Crippen LogP contribution in [0.15, 0.2) is 42.6 Å². The highest BCUT2D eigenvalue weighted by Gasteiger charge is 2.26. The SMILES string of the molecule is O=S(=O)(NCc1ccnc(N2CCOCC2)c1)N1CCc2ccccc2C1. The van der Waals surface area contributed by atoms with Gasteiger partial charge in [-0.3, -0.25) is 0 Å². The largest absolute Gasteiger partial charge is 0.378 e. The van der Waals surface area contributed by atoms with Crippen LogP contribution in [0.4, 0.5) is 5.82 Å². The molecule has 0 radical (unpaired) electrons. The van der Waals surface area contributed by atoms with Gasteiger partial charge < -0.3 is 9.64 Å². The molecule has 2 aliphatic heterocycles. The average Bonchev–Trinajstić information content (AvgIpc) is 2.73. The molecule has 1 N–H and O–H groups in total. The predicted octanol–water partition coefficient (Wildman–Crippen LogP) is 1.31. The summed E-state index contributed by atoms with van der Waals surface area (Å²) in [4.78, 5) is 6.56. The lowest BCUT2D eigenvalue weighted by atomic mass is 10.0. The normalized spacial score (nSPS) is 18.3. The number of hydrogen-bond acceptors (Lipinski definition) is 5. The highest BCUT2D eigenvalue weighted by atomic mass is 32.2. The van der Waals surface area contributed by atoms with Gasteiger partial charge in [-0.25, -0.2) is 4.98 Å². The second-order valence-electron chi connectivity index (χ2n) is 6.80. The van der Waals surface area contributed by atoms with Crippen LogP contribution in [0.2, 0.25) is 0 Å². The topological polar surface area (TPSA) is 74.8 Å². The van der Waals surface area contributed by atoms with Crippen LogP contribution in [-0.4, -0.2) is 50.6 Å². The molecule has 0 aliphatic carbocycles. The first-order valence-corrected chi connectivity index (χ1v) is 10.6. The Hall–Kier alpha value is -2.00. The van der Waals surface area contributed by atoms with E-state index >= 15 is 0 Å². The van der Waals surface area contributed by atoms with Crippen molar-refractivity contribution in [1.29, 1.82) is 0 Å². The monoisotopic (exact) mass is 388 g/mol. The maximum atomic E-state index is 12.7. The summed E-state index contributed by atoms with van der Waals surface area (Å²) in [6.45, 7) is 4.15. The van der Waals surface area contributed by atoms with Crippen LogP contribution in [0.1, 0.15) is 16.7 Å². The fourth-order valence-corrected chi connectivity index (χ4v) is 4.65. The van der Waals surface area contributed by atoms with E-state index in [4.69, 9.17) is 4.74 Å². The van der Waals surface area contributed by atoms with Crippen molar-refractivity contribution in [2.24, 2.45) is 0 Å². The molecule has 3 heterocycles. The van der Waals surface area contributed by atoms with E-state index < -0.39 is 10.2 Å². The Balaban J connectivity index is 1.41. The maximum absolute atomic E-state index is 12.7. The van der Waals surface area contributed by atoms with E-state index in [0.29, 0.717) is 26.3 Å². The van der Waals surface area contributed by atoms with Crippen molar-refractivity contribution in [2.75, 3.05) is 37.7 Å². The molecule has 2 aliphatic rings. The third kappa shape index (κ3) is 4.30. The van der Waals surface area contributed by atoms with Gasteiger partial charge in [0.25, 0.3) is 10.2 Å². The fourth-order valence-electron chi connectivity index (χ4n) is 3.48. The van der Waals surface area contributed by atoms with E-state index in [0.717, 1.165) is 36.5 Å². The fraction of sp³-hybridized carbons (Fsp3) is 0.421. The Bertz CT molecular complexity index is 897. The lowest BCUT2D eigenvalue weighted by Crippen LogP contribution is -2.43. The third-order valence-corrected chi connectivity index (χ3v) is 6.54. The van der Waals surface area contributed by atoms with E-state index in [1.807, 2.05) is 30.3 Å². The molecule has 0 unspecified atom stereocenters. The van der Waals surface area contributed by atoms with E-state index in [1.54, 1.807) is 6.20 Å². The molecular formula is C19H24N4O3S. The zero-order valence-corrected chi connectivity index (χ0v) is 16.0. The highest BCUT2D eigenvalue weighted by molar-refractivity contribution is 7.87. The Kier molecular flexibility index (Phi) is 5.40. The molecule has 0 spiro atoms. The molecule has 2 aromatic rings. The summed E-state index contributed by atoms with van der Waals surface area (Å²) < 4.78 is 35.1. The minimum atomic E-state index is -3.53. The lowest BCUT2D eigenvalue weighted by Gasteiger charge is -2.29. The molecule has 1 fully saturated rings. The predicted molar refractivity (Wildman–Crippen MR) is 104 cm³/mol. The molecule has 1 saturated heterocycles. The number of morpholine rings is 1. The summed E-state index contributed by atoms with van der Waals surface area (Å²) in [5.74, 6) is 0.863. The summed E-state index contributed by atoms with van der Waals surface area (Å²) in [5, 5.41) is 0. The van der Waals surface area contributed by atoms with Crippen molar-refractivity contribution in [2.45, 2.75) is 19.5 Å². The van der Waals surface area contributed by atoms with Crippen LogP contribution in [0.25, 0.3) is 0 Å². The number of pyridine rings is 1.